The van der Waals surface area contributed by atoms with E-state index in [1.807, 2.05) is 6.07 Å². The average Bonchev–Trinajstić information content (AvgIpc) is 2.95. The van der Waals surface area contributed by atoms with Crippen molar-refractivity contribution in [3.63, 3.8) is 0 Å². The second kappa shape index (κ2) is 4.76. The molecule has 0 saturated heterocycles. The van der Waals surface area contributed by atoms with Gasteiger partial charge in [-0.3, -0.25) is 0 Å². The van der Waals surface area contributed by atoms with E-state index in [-0.39, 0.29) is 6.61 Å². The number of hydrogen-bond donors (Lipinski definition) is 2. The Morgan fingerprint density at radius 2 is 2.10 bits per heavy atom. The molecule has 4 nitrogen and oxygen atoms in total. The number of H-pyrrole nitrogens is 1. The van der Waals surface area contributed by atoms with Crippen LogP contribution in [0, 0.1) is 17.1 Å². The van der Waals surface area contributed by atoms with Gasteiger partial charge < -0.3 is 10.1 Å². The normalized spacial score (nSPS) is 10.7. The lowest BCUT2D eigenvalue weighted by Crippen LogP contribution is -1.91. The maximum Gasteiger partial charge on any atom is 0.131 e. The van der Waals surface area contributed by atoms with Crippen molar-refractivity contribution in [3.05, 3.63) is 53.6 Å². The first kappa shape index (κ1) is 12.3. The molecule has 0 aliphatic heterocycles. The van der Waals surface area contributed by atoms with Crippen LogP contribution in [-0.2, 0) is 6.61 Å². The molecule has 2 aromatic carbocycles. The van der Waals surface area contributed by atoms with E-state index >= 15 is 0 Å². The Hall–Kier alpha value is -2.71. The highest BCUT2D eigenvalue weighted by Gasteiger charge is 2.13. The Balaban J connectivity index is 2.34. The van der Waals surface area contributed by atoms with Gasteiger partial charge in [0.2, 0.25) is 0 Å². The molecule has 1 heterocycles. The molecule has 0 spiro atoms. The van der Waals surface area contributed by atoms with Gasteiger partial charge in [-0.1, -0.05) is 6.07 Å². The second-order valence-corrected chi connectivity index (χ2v) is 4.41. The summed E-state index contributed by atoms with van der Waals surface area (Å²) in [6.45, 7) is -0.172. The lowest BCUT2D eigenvalue weighted by atomic mass is 9.99. The summed E-state index contributed by atoms with van der Waals surface area (Å²) in [4.78, 5) is 7.09. The van der Waals surface area contributed by atoms with Gasteiger partial charge >= 0.3 is 0 Å². The predicted octanol–water partition coefficient (Wildman–Crippen LogP) is 2.73. The van der Waals surface area contributed by atoms with Crippen LogP contribution in [-0.4, -0.2) is 15.1 Å². The van der Waals surface area contributed by atoms with Gasteiger partial charge in [-0.15, -0.1) is 0 Å². The van der Waals surface area contributed by atoms with Gasteiger partial charge in [0.15, 0.2) is 0 Å². The van der Waals surface area contributed by atoms with Crippen molar-refractivity contribution in [1.82, 2.24) is 9.97 Å². The van der Waals surface area contributed by atoms with Gasteiger partial charge in [0, 0.05) is 11.1 Å². The summed E-state index contributed by atoms with van der Waals surface area (Å²) in [5.41, 5.74) is 3.16. The van der Waals surface area contributed by atoms with Crippen LogP contribution in [0.25, 0.3) is 22.2 Å². The van der Waals surface area contributed by atoms with Crippen molar-refractivity contribution in [2.24, 2.45) is 0 Å². The highest BCUT2D eigenvalue weighted by Crippen LogP contribution is 2.30. The molecule has 3 rings (SSSR count). The number of benzene rings is 2. The number of hydrogen-bond acceptors (Lipinski definition) is 3. The number of fused-ring (bicyclic) bond motifs is 1. The molecule has 0 radical (unpaired) electrons. The zero-order valence-corrected chi connectivity index (χ0v) is 10.4. The minimum absolute atomic E-state index is 0.172. The number of aromatic nitrogens is 2. The summed E-state index contributed by atoms with van der Waals surface area (Å²) in [6.07, 6.45) is 1.50. The number of nitrogens with zero attached hydrogens (tertiary/aromatic N) is 2. The molecule has 0 saturated carbocycles. The summed E-state index contributed by atoms with van der Waals surface area (Å²) >= 11 is 0. The lowest BCUT2D eigenvalue weighted by molar-refractivity contribution is 0.282. The molecule has 0 unspecified atom stereocenters. The number of rotatable bonds is 2. The minimum atomic E-state index is -0.415. The first-order chi connectivity index (χ1) is 9.72. The third-order valence-corrected chi connectivity index (χ3v) is 3.16. The van der Waals surface area contributed by atoms with Crippen molar-refractivity contribution in [1.29, 1.82) is 5.26 Å². The molecular formula is C15H10FN3O. The number of aliphatic hydroxyl groups is 1. The van der Waals surface area contributed by atoms with Crippen LogP contribution in [0.4, 0.5) is 4.39 Å². The number of nitriles is 1. The molecule has 20 heavy (non-hydrogen) atoms. The zero-order valence-electron chi connectivity index (χ0n) is 10.4. The van der Waals surface area contributed by atoms with Crippen LogP contribution in [0.15, 0.2) is 36.7 Å². The van der Waals surface area contributed by atoms with Gasteiger partial charge in [0.05, 0.1) is 35.6 Å². The highest BCUT2D eigenvalue weighted by molar-refractivity contribution is 5.93. The largest absolute Gasteiger partial charge is 0.392 e. The number of aliphatic hydroxyl groups excluding tert-OH is 1. The number of halogens is 1. The molecule has 2 N–H and O–H groups in total. The van der Waals surface area contributed by atoms with E-state index in [2.05, 4.69) is 9.97 Å². The van der Waals surface area contributed by atoms with E-state index in [1.165, 1.54) is 18.5 Å². The third-order valence-electron chi connectivity index (χ3n) is 3.16. The van der Waals surface area contributed by atoms with E-state index in [1.54, 1.807) is 18.2 Å². The molecule has 3 aromatic rings. The van der Waals surface area contributed by atoms with Crippen molar-refractivity contribution < 1.29 is 9.50 Å². The summed E-state index contributed by atoms with van der Waals surface area (Å²) in [5.74, 6) is -0.415. The van der Waals surface area contributed by atoms with E-state index < -0.39 is 5.82 Å². The molecule has 0 fully saturated rings. The maximum atomic E-state index is 14.1. The van der Waals surface area contributed by atoms with Crippen LogP contribution in [0.2, 0.25) is 0 Å². The van der Waals surface area contributed by atoms with E-state index in [0.717, 1.165) is 0 Å². The fourth-order valence-electron chi connectivity index (χ4n) is 2.20. The standard InChI is InChI=1S/C15H10FN3O/c16-13-2-1-9(7-20)3-11(13)12-4-10(6-17)5-14-15(12)19-8-18-14/h1-5,8,20H,7H2,(H,18,19). The number of nitrogens with one attached hydrogen (secondary N) is 1. The summed E-state index contributed by atoms with van der Waals surface area (Å²) in [7, 11) is 0. The first-order valence-electron chi connectivity index (χ1n) is 6.00. The fourth-order valence-corrected chi connectivity index (χ4v) is 2.20. The number of aromatic amines is 1. The molecule has 0 aliphatic rings. The van der Waals surface area contributed by atoms with Crippen molar-refractivity contribution in [3.8, 4) is 17.2 Å². The SMILES string of the molecule is N#Cc1cc(-c2cc(CO)ccc2F)c2nc[nH]c2c1. The first-order valence-corrected chi connectivity index (χ1v) is 6.00. The van der Waals surface area contributed by atoms with Gasteiger partial charge in [0.25, 0.3) is 0 Å². The Labute approximate surface area is 114 Å². The molecule has 0 bridgehead atoms. The topological polar surface area (TPSA) is 72.7 Å². The zero-order chi connectivity index (χ0) is 14.1. The van der Waals surface area contributed by atoms with Crippen LogP contribution >= 0.6 is 0 Å². The molecule has 0 amide bonds. The average molecular weight is 267 g/mol. The Kier molecular flexibility index (Phi) is 2.93. The molecule has 0 aliphatic carbocycles. The van der Waals surface area contributed by atoms with Gasteiger partial charge in [0.1, 0.15) is 5.82 Å². The van der Waals surface area contributed by atoms with Crippen molar-refractivity contribution in [2.45, 2.75) is 6.61 Å². The van der Waals surface area contributed by atoms with E-state index in [0.29, 0.717) is 33.3 Å². The predicted molar refractivity (Wildman–Crippen MR) is 72.1 cm³/mol. The second-order valence-electron chi connectivity index (χ2n) is 4.41. The molecule has 0 atom stereocenters. The summed E-state index contributed by atoms with van der Waals surface area (Å²) in [6, 6.07) is 9.71. The molecule has 5 heteroatoms. The van der Waals surface area contributed by atoms with Crippen molar-refractivity contribution in [2.75, 3.05) is 0 Å². The Morgan fingerprint density at radius 3 is 2.85 bits per heavy atom. The van der Waals surface area contributed by atoms with Crippen LogP contribution in [0.3, 0.4) is 0 Å². The summed E-state index contributed by atoms with van der Waals surface area (Å²) in [5, 5.41) is 18.2. The highest BCUT2D eigenvalue weighted by atomic mass is 19.1. The molecule has 98 valence electrons. The van der Waals surface area contributed by atoms with Crippen LogP contribution < -0.4 is 0 Å². The van der Waals surface area contributed by atoms with E-state index in [9.17, 15) is 9.50 Å². The quantitative estimate of drug-likeness (QED) is 0.749. The fraction of sp³-hybridized carbons (Fsp3) is 0.0667. The smallest absolute Gasteiger partial charge is 0.131 e. The van der Waals surface area contributed by atoms with Crippen molar-refractivity contribution >= 4 is 11.0 Å². The summed E-state index contributed by atoms with van der Waals surface area (Å²) < 4.78 is 14.1. The number of imidazole rings is 1. The molecular weight excluding hydrogens is 257 g/mol. The van der Waals surface area contributed by atoms with Gasteiger partial charge in [-0.05, 0) is 29.8 Å². The monoisotopic (exact) mass is 267 g/mol. The Morgan fingerprint density at radius 1 is 1.25 bits per heavy atom. The van der Waals surface area contributed by atoms with E-state index in [4.69, 9.17) is 5.26 Å². The Bertz CT molecular complexity index is 833. The van der Waals surface area contributed by atoms with Gasteiger partial charge in [-0.25, -0.2) is 9.37 Å². The minimum Gasteiger partial charge on any atom is -0.392 e. The third kappa shape index (κ3) is 1.92. The maximum absolute atomic E-state index is 14.1. The van der Waals surface area contributed by atoms with Crippen LogP contribution in [0.1, 0.15) is 11.1 Å². The van der Waals surface area contributed by atoms with Crippen LogP contribution in [0.5, 0.6) is 0 Å². The molecule has 1 aromatic heterocycles. The van der Waals surface area contributed by atoms with Gasteiger partial charge in [-0.2, -0.15) is 5.26 Å². The lowest BCUT2D eigenvalue weighted by Gasteiger charge is -2.07.